The Bertz CT molecular complexity index is 218. The van der Waals surface area contributed by atoms with Gasteiger partial charge < -0.3 is 4.79 Å². The zero-order valence-electron chi connectivity index (χ0n) is 5.50. The normalized spacial score (nSPS) is 9.30. The molecule has 3 radical (unpaired) electrons. The fraction of sp³-hybridized carbons (Fsp3) is 0.125. The molecule has 1 aromatic carbocycles. The first-order valence-corrected chi connectivity index (χ1v) is 3.57. The highest BCUT2D eigenvalue weighted by atomic mass is 28.1. The standard InChI is InChI=1S/C8H7OSi/c9-8(10)6-7-4-2-1-3-5-7/h1-5H,6H2. The van der Waals surface area contributed by atoms with E-state index in [2.05, 4.69) is 10.2 Å². The monoisotopic (exact) mass is 147 g/mol. The van der Waals surface area contributed by atoms with Crippen molar-refractivity contribution in [3.8, 4) is 0 Å². The summed E-state index contributed by atoms with van der Waals surface area (Å²) in [5.74, 6) is 0. The van der Waals surface area contributed by atoms with Gasteiger partial charge in [0.15, 0.2) is 0 Å². The Morgan fingerprint density at radius 2 is 1.90 bits per heavy atom. The van der Waals surface area contributed by atoms with E-state index in [9.17, 15) is 4.79 Å². The van der Waals surface area contributed by atoms with Crippen molar-refractivity contribution in [3.63, 3.8) is 0 Å². The third-order valence-corrected chi connectivity index (χ3v) is 1.38. The number of benzene rings is 1. The maximum atomic E-state index is 10.5. The molecule has 0 unspecified atom stereocenters. The molecule has 0 heterocycles. The molecular weight excluding hydrogens is 140 g/mol. The van der Waals surface area contributed by atoms with Crippen LogP contribution in [0.3, 0.4) is 0 Å². The van der Waals surface area contributed by atoms with Crippen LogP contribution < -0.4 is 0 Å². The molecule has 10 heavy (non-hydrogen) atoms. The number of carbonyl (C=O) groups excluding carboxylic acids is 1. The maximum Gasteiger partial charge on any atom is 0.126 e. The lowest BCUT2D eigenvalue weighted by Gasteiger charge is -1.93. The molecule has 0 saturated carbocycles. The summed E-state index contributed by atoms with van der Waals surface area (Å²) in [6.45, 7) is 0. The van der Waals surface area contributed by atoms with E-state index in [1.165, 1.54) is 0 Å². The van der Waals surface area contributed by atoms with Crippen LogP contribution in [0, 0.1) is 0 Å². The maximum absolute atomic E-state index is 10.5. The van der Waals surface area contributed by atoms with Crippen molar-refractivity contribution in [1.82, 2.24) is 0 Å². The molecule has 0 aliphatic carbocycles. The van der Waals surface area contributed by atoms with Crippen molar-refractivity contribution < 1.29 is 4.79 Å². The average Bonchev–Trinajstić information content (AvgIpc) is 1.88. The van der Waals surface area contributed by atoms with E-state index in [0.717, 1.165) is 5.56 Å². The van der Waals surface area contributed by atoms with Gasteiger partial charge in [0.25, 0.3) is 0 Å². The van der Waals surface area contributed by atoms with E-state index < -0.39 is 0 Å². The summed E-state index contributed by atoms with van der Waals surface area (Å²) in [6, 6.07) is 9.63. The summed E-state index contributed by atoms with van der Waals surface area (Å²) in [5.41, 5.74) is 1.04. The minimum Gasteiger partial charge on any atom is -0.306 e. The Morgan fingerprint density at radius 1 is 1.30 bits per heavy atom. The Kier molecular flexibility index (Phi) is 2.40. The molecule has 1 rings (SSSR count). The van der Waals surface area contributed by atoms with Crippen LogP contribution in [0.2, 0.25) is 0 Å². The third-order valence-electron chi connectivity index (χ3n) is 1.21. The second-order valence-corrected chi connectivity index (χ2v) is 2.64. The number of hydrogen-bond acceptors (Lipinski definition) is 1. The van der Waals surface area contributed by atoms with Gasteiger partial charge in [-0.3, -0.25) is 0 Å². The Balaban J connectivity index is 2.67. The zero-order valence-corrected chi connectivity index (χ0v) is 6.50. The Morgan fingerprint density at radius 3 is 2.40 bits per heavy atom. The van der Waals surface area contributed by atoms with Crippen LogP contribution in [0.1, 0.15) is 5.56 Å². The second kappa shape index (κ2) is 3.32. The molecule has 0 aromatic heterocycles. The molecule has 1 nitrogen and oxygen atoms in total. The quantitative estimate of drug-likeness (QED) is 0.569. The van der Waals surface area contributed by atoms with Crippen molar-refractivity contribution in [1.29, 1.82) is 0 Å². The minimum absolute atomic E-state index is 0.0196. The van der Waals surface area contributed by atoms with E-state index in [1.807, 2.05) is 30.3 Å². The highest BCUT2D eigenvalue weighted by molar-refractivity contribution is 6.57. The van der Waals surface area contributed by atoms with Gasteiger partial charge in [-0.15, -0.1) is 0 Å². The van der Waals surface area contributed by atoms with E-state index in [-0.39, 0.29) is 5.41 Å². The predicted octanol–water partition coefficient (Wildman–Crippen LogP) is 0.924. The van der Waals surface area contributed by atoms with Gasteiger partial charge in [-0.1, -0.05) is 30.3 Å². The molecule has 0 amide bonds. The summed E-state index contributed by atoms with van der Waals surface area (Å²) in [6.07, 6.45) is 0.470. The first kappa shape index (κ1) is 7.22. The van der Waals surface area contributed by atoms with Crippen molar-refractivity contribution in [2.24, 2.45) is 0 Å². The minimum atomic E-state index is 0.0196. The highest BCUT2D eigenvalue weighted by Crippen LogP contribution is 1.98. The summed E-state index contributed by atoms with van der Waals surface area (Å²) in [5, 5.41) is 0.0196. The number of rotatable bonds is 2. The Hall–Kier alpha value is -0.893. The number of carbonyl (C=O) groups is 1. The van der Waals surface area contributed by atoms with E-state index >= 15 is 0 Å². The van der Waals surface area contributed by atoms with E-state index in [4.69, 9.17) is 0 Å². The van der Waals surface area contributed by atoms with E-state index in [1.54, 1.807) is 0 Å². The van der Waals surface area contributed by atoms with Crippen LogP contribution in [0.4, 0.5) is 0 Å². The lowest BCUT2D eigenvalue weighted by atomic mass is 10.2. The molecule has 0 aliphatic heterocycles. The van der Waals surface area contributed by atoms with Crippen LogP contribution in [-0.4, -0.2) is 15.6 Å². The zero-order chi connectivity index (χ0) is 7.40. The van der Waals surface area contributed by atoms with Crippen LogP contribution in [0.25, 0.3) is 0 Å². The first-order valence-electron chi connectivity index (χ1n) is 3.07. The average molecular weight is 147 g/mol. The SMILES string of the molecule is O=C([Si])Cc1ccccc1. The van der Waals surface area contributed by atoms with Gasteiger partial charge >= 0.3 is 0 Å². The molecule has 49 valence electrons. The Labute approximate surface area is 63.5 Å². The molecule has 0 atom stereocenters. The second-order valence-electron chi connectivity index (χ2n) is 2.09. The van der Waals surface area contributed by atoms with Crippen molar-refractivity contribution in [2.45, 2.75) is 6.42 Å². The topological polar surface area (TPSA) is 17.1 Å². The lowest BCUT2D eigenvalue weighted by molar-refractivity contribution is -0.111. The summed E-state index contributed by atoms with van der Waals surface area (Å²) in [4.78, 5) is 10.5. The van der Waals surface area contributed by atoms with Crippen molar-refractivity contribution in [2.75, 3.05) is 0 Å². The molecular formula is C8H7OSi. The van der Waals surface area contributed by atoms with Gasteiger partial charge in [-0.05, 0) is 5.56 Å². The van der Waals surface area contributed by atoms with Crippen LogP contribution >= 0.6 is 0 Å². The van der Waals surface area contributed by atoms with Crippen LogP contribution in [-0.2, 0) is 11.2 Å². The summed E-state index contributed by atoms with van der Waals surface area (Å²) >= 11 is 0. The van der Waals surface area contributed by atoms with Gasteiger partial charge in [0.1, 0.15) is 15.6 Å². The van der Waals surface area contributed by atoms with Crippen molar-refractivity contribution >= 4 is 15.6 Å². The summed E-state index contributed by atoms with van der Waals surface area (Å²) in [7, 11) is 2.92. The fourth-order valence-corrected chi connectivity index (χ4v) is 0.985. The van der Waals surface area contributed by atoms with Crippen molar-refractivity contribution in [3.05, 3.63) is 35.9 Å². The fourth-order valence-electron chi connectivity index (χ4n) is 0.781. The predicted molar refractivity (Wildman–Crippen MR) is 40.9 cm³/mol. The lowest BCUT2D eigenvalue weighted by Crippen LogP contribution is -2.00. The van der Waals surface area contributed by atoms with Gasteiger partial charge in [0, 0.05) is 6.42 Å². The summed E-state index contributed by atoms with van der Waals surface area (Å²) < 4.78 is 0. The highest BCUT2D eigenvalue weighted by Gasteiger charge is 1.93. The molecule has 0 bridgehead atoms. The van der Waals surface area contributed by atoms with Crippen LogP contribution in [0.5, 0.6) is 0 Å². The first-order chi connectivity index (χ1) is 4.79. The largest absolute Gasteiger partial charge is 0.306 e. The van der Waals surface area contributed by atoms with Gasteiger partial charge in [0.05, 0.1) is 0 Å². The molecule has 0 fully saturated rings. The molecule has 0 spiro atoms. The molecule has 0 saturated heterocycles. The van der Waals surface area contributed by atoms with Gasteiger partial charge in [-0.2, -0.15) is 0 Å². The molecule has 0 N–H and O–H groups in total. The van der Waals surface area contributed by atoms with Gasteiger partial charge in [0.2, 0.25) is 0 Å². The van der Waals surface area contributed by atoms with Crippen LogP contribution in [0.15, 0.2) is 30.3 Å². The van der Waals surface area contributed by atoms with E-state index in [0.29, 0.717) is 6.42 Å². The molecule has 2 heteroatoms. The number of hydrogen-bond donors (Lipinski definition) is 0. The molecule has 1 aromatic rings. The third kappa shape index (κ3) is 2.15. The molecule has 0 aliphatic rings. The smallest absolute Gasteiger partial charge is 0.126 e. The van der Waals surface area contributed by atoms with Gasteiger partial charge in [-0.25, -0.2) is 0 Å².